The first-order valence-corrected chi connectivity index (χ1v) is 4.66. The summed E-state index contributed by atoms with van der Waals surface area (Å²) >= 11 is 0. The maximum atomic E-state index is 10.6. The van der Waals surface area contributed by atoms with Crippen LogP contribution in [0, 0.1) is 23.2 Å². The average molecular weight is 213 g/mol. The van der Waals surface area contributed by atoms with Gasteiger partial charge in [0, 0.05) is 18.2 Å². The van der Waals surface area contributed by atoms with Gasteiger partial charge in [-0.3, -0.25) is 4.79 Å². The predicted octanol–water partition coefficient (Wildman–Crippen LogP) is 0.628. The maximum Gasteiger partial charge on any atom is 0.217 e. The van der Waals surface area contributed by atoms with Crippen LogP contribution >= 0.6 is 0 Å². The largest absolute Gasteiger partial charge is 0.398 e. The molecule has 0 aliphatic carbocycles. The van der Waals surface area contributed by atoms with Gasteiger partial charge in [-0.1, -0.05) is 11.8 Å². The molecule has 0 fully saturated rings. The Balaban J connectivity index is 2.75. The number of carbonyl (C=O) groups excluding carboxylic acids is 1. The van der Waals surface area contributed by atoms with Gasteiger partial charge in [0.25, 0.3) is 0 Å². The Morgan fingerprint density at radius 2 is 2.31 bits per heavy atom. The van der Waals surface area contributed by atoms with E-state index >= 15 is 0 Å². The molecule has 1 aromatic rings. The molecule has 0 heterocycles. The summed E-state index contributed by atoms with van der Waals surface area (Å²) in [5.74, 6) is 5.48. The summed E-state index contributed by atoms with van der Waals surface area (Å²) < 4.78 is 0. The van der Waals surface area contributed by atoms with Gasteiger partial charge in [0.1, 0.15) is 6.07 Å². The molecule has 0 saturated carbocycles. The number of anilines is 1. The normalized spacial score (nSPS) is 8.50. The Hall–Kier alpha value is -2.46. The third-order valence-corrected chi connectivity index (χ3v) is 1.83. The summed E-state index contributed by atoms with van der Waals surface area (Å²) in [6.45, 7) is 1.72. The van der Waals surface area contributed by atoms with Crippen LogP contribution in [0.4, 0.5) is 5.69 Å². The fourth-order valence-corrected chi connectivity index (χ4v) is 1.05. The highest BCUT2D eigenvalue weighted by Gasteiger charge is 1.97. The van der Waals surface area contributed by atoms with E-state index < -0.39 is 0 Å². The molecule has 1 aromatic carbocycles. The zero-order chi connectivity index (χ0) is 12.0. The molecule has 0 bridgehead atoms. The first kappa shape index (κ1) is 11.6. The molecule has 0 aliphatic rings. The van der Waals surface area contributed by atoms with Crippen molar-refractivity contribution in [2.24, 2.45) is 0 Å². The van der Waals surface area contributed by atoms with Crippen molar-refractivity contribution < 1.29 is 4.79 Å². The lowest BCUT2D eigenvalue weighted by Gasteiger charge is -1.97. The molecule has 0 spiro atoms. The lowest BCUT2D eigenvalue weighted by atomic mass is 10.1. The van der Waals surface area contributed by atoms with Crippen molar-refractivity contribution in [3.8, 4) is 17.9 Å². The summed E-state index contributed by atoms with van der Waals surface area (Å²) in [7, 11) is 0. The van der Waals surface area contributed by atoms with Gasteiger partial charge in [-0.05, 0) is 18.2 Å². The molecule has 80 valence electrons. The summed E-state index contributed by atoms with van der Waals surface area (Å²) in [6, 6.07) is 6.98. The fraction of sp³-hybridized carbons (Fsp3) is 0.167. The number of hydrogen-bond acceptors (Lipinski definition) is 3. The second kappa shape index (κ2) is 5.43. The number of hydrogen-bond donors (Lipinski definition) is 2. The third kappa shape index (κ3) is 3.36. The van der Waals surface area contributed by atoms with Crippen LogP contribution in [0.5, 0.6) is 0 Å². The molecule has 0 atom stereocenters. The molecular formula is C12H11N3O. The number of carbonyl (C=O) groups is 1. The smallest absolute Gasteiger partial charge is 0.217 e. The van der Waals surface area contributed by atoms with Gasteiger partial charge < -0.3 is 11.1 Å². The van der Waals surface area contributed by atoms with Gasteiger partial charge in [-0.2, -0.15) is 5.26 Å². The van der Waals surface area contributed by atoms with E-state index in [1.54, 1.807) is 18.2 Å². The van der Waals surface area contributed by atoms with Crippen molar-refractivity contribution in [3.05, 3.63) is 29.3 Å². The van der Waals surface area contributed by atoms with Gasteiger partial charge >= 0.3 is 0 Å². The van der Waals surface area contributed by atoms with Crippen LogP contribution in [0.1, 0.15) is 18.1 Å². The van der Waals surface area contributed by atoms with Crippen molar-refractivity contribution in [2.75, 3.05) is 12.3 Å². The van der Waals surface area contributed by atoms with E-state index in [9.17, 15) is 4.79 Å². The molecule has 1 rings (SSSR count). The van der Waals surface area contributed by atoms with Crippen LogP contribution in [-0.4, -0.2) is 12.5 Å². The number of nitrogens with zero attached hydrogens (tertiary/aromatic N) is 1. The molecule has 0 unspecified atom stereocenters. The van der Waals surface area contributed by atoms with Crippen molar-refractivity contribution in [3.63, 3.8) is 0 Å². The van der Waals surface area contributed by atoms with E-state index in [1.165, 1.54) is 6.92 Å². The highest BCUT2D eigenvalue weighted by atomic mass is 16.1. The van der Waals surface area contributed by atoms with Gasteiger partial charge in [0.15, 0.2) is 0 Å². The van der Waals surface area contributed by atoms with Crippen LogP contribution in [0.15, 0.2) is 18.2 Å². The highest BCUT2D eigenvalue weighted by Crippen LogP contribution is 2.11. The SMILES string of the molecule is CC(=O)NCC#Cc1ccc(N)c(C#N)c1. The first-order valence-electron chi connectivity index (χ1n) is 4.66. The minimum Gasteiger partial charge on any atom is -0.398 e. The lowest BCUT2D eigenvalue weighted by molar-refractivity contribution is -0.118. The Kier molecular flexibility index (Phi) is 3.94. The van der Waals surface area contributed by atoms with E-state index in [0.29, 0.717) is 23.4 Å². The van der Waals surface area contributed by atoms with Crippen LogP contribution in [0.25, 0.3) is 0 Å². The predicted molar refractivity (Wildman–Crippen MR) is 61.1 cm³/mol. The summed E-state index contributed by atoms with van der Waals surface area (Å²) in [4.78, 5) is 10.6. The van der Waals surface area contributed by atoms with Crippen molar-refractivity contribution in [1.82, 2.24) is 5.32 Å². The average Bonchev–Trinajstić information content (AvgIpc) is 2.26. The molecule has 3 N–H and O–H groups in total. The zero-order valence-corrected chi connectivity index (χ0v) is 8.87. The molecule has 1 amide bonds. The van der Waals surface area contributed by atoms with Crippen LogP contribution in [0.2, 0.25) is 0 Å². The minimum absolute atomic E-state index is 0.121. The van der Waals surface area contributed by atoms with Gasteiger partial charge in [0.05, 0.1) is 12.1 Å². The van der Waals surface area contributed by atoms with Crippen LogP contribution in [0.3, 0.4) is 0 Å². The Morgan fingerprint density at radius 1 is 1.56 bits per heavy atom. The van der Waals surface area contributed by atoms with Gasteiger partial charge in [-0.25, -0.2) is 0 Å². The van der Waals surface area contributed by atoms with E-state index in [4.69, 9.17) is 11.0 Å². The molecule has 4 heteroatoms. The number of rotatable bonds is 1. The second-order valence-corrected chi connectivity index (χ2v) is 3.13. The molecule has 0 aliphatic heterocycles. The summed E-state index contributed by atoms with van der Waals surface area (Å²) in [5.41, 5.74) is 7.12. The van der Waals surface area contributed by atoms with Gasteiger partial charge in [0.2, 0.25) is 5.91 Å². The lowest BCUT2D eigenvalue weighted by Crippen LogP contribution is -2.19. The Labute approximate surface area is 94.1 Å². The minimum atomic E-state index is -0.121. The molecule has 0 saturated heterocycles. The maximum absolute atomic E-state index is 10.6. The number of nitrogens with one attached hydrogen (secondary N) is 1. The Morgan fingerprint density at radius 3 is 2.94 bits per heavy atom. The second-order valence-electron chi connectivity index (χ2n) is 3.13. The van der Waals surface area contributed by atoms with Crippen molar-refractivity contribution >= 4 is 11.6 Å². The van der Waals surface area contributed by atoms with Gasteiger partial charge in [-0.15, -0.1) is 0 Å². The van der Waals surface area contributed by atoms with E-state index in [0.717, 1.165) is 0 Å². The summed E-state index contributed by atoms with van der Waals surface area (Å²) in [5, 5.41) is 11.3. The van der Waals surface area contributed by atoms with E-state index in [1.807, 2.05) is 6.07 Å². The third-order valence-electron chi connectivity index (χ3n) is 1.83. The molecule has 4 nitrogen and oxygen atoms in total. The van der Waals surface area contributed by atoms with Crippen molar-refractivity contribution in [2.45, 2.75) is 6.92 Å². The number of amides is 1. The molecule has 0 aromatic heterocycles. The number of nitrogen functional groups attached to an aromatic ring is 1. The quantitative estimate of drug-likeness (QED) is 0.530. The molecule has 0 radical (unpaired) electrons. The number of benzene rings is 1. The fourth-order valence-electron chi connectivity index (χ4n) is 1.05. The summed E-state index contributed by atoms with van der Waals surface area (Å²) in [6.07, 6.45) is 0. The topological polar surface area (TPSA) is 78.9 Å². The highest BCUT2D eigenvalue weighted by molar-refractivity contribution is 5.73. The zero-order valence-electron chi connectivity index (χ0n) is 8.87. The van der Waals surface area contributed by atoms with Crippen LogP contribution < -0.4 is 11.1 Å². The number of nitriles is 1. The Bertz CT molecular complexity index is 503. The monoisotopic (exact) mass is 213 g/mol. The van der Waals surface area contributed by atoms with E-state index in [-0.39, 0.29) is 5.91 Å². The first-order chi connectivity index (χ1) is 7.63. The van der Waals surface area contributed by atoms with Crippen LogP contribution in [-0.2, 0) is 4.79 Å². The molecular weight excluding hydrogens is 202 g/mol. The van der Waals surface area contributed by atoms with Crippen molar-refractivity contribution in [1.29, 1.82) is 5.26 Å². The van der Waals surface area contributed by atoms with E-state index in [2.05, 4.69) is 17.2 Å². The standard InChI is InChI=1S/C12H11N3O/c1-9(16)15-6-2-3-10-4-5-12(14)11(7-10)8-13/h4-5,7H,6,14H2,1H3,(H,15,16). The molecule has 16 heavy (non-hydrogen) atoms. The number of nitrogens with two attached hydrogens (primary N) is 1.